The van der Waals surface area contributed by atoms with E-state index >= 15 is 0 Å². The van der Waals surface area contributed by atoms with E-state index in [2.05, 4.69) is 0 Å². The first-order valence-electron chi connectivity index (χ1n) is 1.41. The zero-order valence-electron chi connectivity index (χ0n) is 5.89. The fraction of sp³-hybridized carbons (Fsp3) is 0. The van der Waals surface area contributed by atoms with E-state index in [-0.39, 0.29) is 68.3 Å². The molecular formula is H2AlO9PSSr. The zero-order chi connectivity index (χ0) is 9.00. The molecule has 0 rings (SSSR count). The maximum absolute atomic E-state index is 8.66. The van der Waals surface area contributed by atoms with Gasteiger partial charge in [0, 0.05) is 10.4 Å². The molecule has 0 amide bonds. The zero-order valence-corrected chi connectivity index (χ0v) is 12.2. The van der Waals surface area contributed by atoms with Gasteiger partial charge in [-0.1, -0.05) is 0 Å². The molecule has 0 aromatic heterocycles. The molecule has 0 aliphatic heterocycles. The summed E-state index contributed by atoms with van der Waals surface area (Å²) in [5.74, 6) is 0. The third-order valence-electron chi connectivity index (χ3n) is 0. The molecule has 9 nitrogen and oxygen atoms in total. The Morgan fingerprint density at radius 2 is 1.15 bits per heavy atom. The SMILES string of the molecule is O=P([O-])([O-])O.O=S(=O)([O-])[O-].[Al+3].[OH-].[Sr+2]. The molecule has 0 aromatic carbocycles. The van der Waals surface area contributed by atoms with Crippen LogP contribution in [0.15, 0.2) is 0 Å². The molecule has 0 aliphatic rings. The first-order chi connectivity index (χ1) is 4.00. The second-order valence-corrected chi connectivity index (χ2v) is 2.63. The van der Waals surface area contributed by atoms with E-state index < -0.39 is 18.2 Å². The molecule has 0 radical (unpaired) electrons. The van der Waals surface area contributed by atoms with Crippen LogP contribution in [0, 0.1) is 0 Å². The molecular weight excluding hydrogens is 322 g/mol. The maximum Gasteiger partial charge on any atom is 3.00 e. The van der Waals surface area contributed by atoms with Gasteiger partial charge in [0.1, 0.15) is 0 Å². The molecule has 0 heterocycles. The van der Waals surface area contributed by atoms with E-state index in [1.54, 1.807) is 0 Å². The number of rotatable bonds is 0. The molecule has 0 saturated heterocycles. The molecule has 0 spiro atoms. The number of hydrogen-bond acceptors (Lipinski definition) is 8. The van der Waals surface area contributed by atoms with Crippen LogP contribution >= 0.6 is 7.82 Å². The summed E-state index contributed by atoms with van der Waals surface area (Å²) in [6.07, 6.45) is 0. The average Bonchev–Trinajstić information content (AvgIpc) is 1.12. The summed E-state index contributed by atoms with van der Waals surface area (Å²) in [7, 11) is -10.3. The topological polar surface area (TPSA) is 194 Å². The summed E-state index contributed by atoms with van der Waals surface area (Å²) in [5.41, 5.74) is 0. The van der Waals surface area contributed by atoms with Gasteiger partial charge >= 0.3 is 62.8 Å². The minimum Gasteiger partial charge on any atom is -0.870 e. The van der Waals surface area contributed by atoms with Crippen molar-refractivity contribution in [3.8, 4) is 0 Å². The minimum absolute atomic E-state index is 0. The van der Waals surface area contributed by atoms with E-state index in [4.69, 9.17) is 36.8 Å². The fourth-order valence-electron chi connectivity index (χ4n) is 0. The molecule has 0 aromatic rings. The van der Waals surface area contributed by atoms with E-state index in [1.807, 2.05) is 0 Å². The second-order valence-electron chi connectivity index (χ2n) is 0.877. The summed E-state index contributed by atoms with van der Waals surface area (Å²) in [4.78, 5) is 24.3. The minimum atomic E-state index is -5.17. The van der Waals surface area contributed by atoms with Gasteiger partial charge < -0.3 is 33.8 Å². The second kappa shape index (κ2) is 12.0. The van der Waals surface area contributed by atoms with Crippen LogP contribution in [-0.4, -0.2) is 90.7 Å². The summed E-state index contributed by atoms with van der Waals surface area (Å²) in [5, 5.41) is 0. The van der Waals surface area contributed by atoms with Crippen molar-refractivity contribution in [1.82, 2.24) is 0 Å². The molecule has 0 bridgehead atoms. The van der Waals surface area contributed by atoms with Crippen molar-refractivity contribution in [2.24, 2.45) is 0 Å². The van der Waals surface area contributed by atoms with E-state index in [0.717, 1.165) is 0 Å². The van der Waals surface area contributed by atoms with Crippen LogP contribution < -0.4 is 9.79 Å². The first-order valence-corrected chi connectivity index (χ1v) is 4.24. The van der Waals surface area contributed by atoms with Gasteiger partial charge in [-0.05, 0) is 0 Å². The summed E-state index contributed by atoms with van der Waals surface area (Å²) in [6.45, 7) is 0. The normalized spacial score (nSPS) is 9.00. The van der Waals surface area contributed by atoms with Gasteiger partial charge in [0.05, 0.1) is 7.82 Å². The quantitative estimate of drug-likeness (QED) is 0.198. The monoisotopic (exact) mass is 324 g/mol. The summed E-state index contributed by atoms with van der Waals surface area (Å²) in [6, 6.07) is 0. The van der Waals surface area contributed by atoms with Gasteiger partial charge in [-0.25, -0.2) is 0 Å². The molecule has 13 heteroatoms. The van der Waals surface area contributed by atoms with Crippen molar-refractivity contribution in [3.05, 3.63) is 0 Å². The standard InChI is InChI=1S/Al.H3O4P.H2O4S.H2O.Sr/c;2*1-5(2,3)4;;/h;(H3,1,2,3,4);(H2,1,2,3,4);1H2;/q+3;;;;+2/p-5. The number of phosphoric acid groups is 1. The third-order valence-corrected chi connectivity index (χ3v) is 0. The Bertz CT molecular complexity index is 198. The Hall–Kier alpha value is 1.95. The maximum atomic E-state index is 8.66. The van der Waals surface area contributed by atoms with Crippen LogP contribution in [0.25, 0.3) is 0 Å². The Morgan fingerprint density at radius 3 is 1.15 bits per heavy atom. The van der Waals surface area contributed by atoms with Crippen LogP contribution in [0.5, 0.6) is 0 Å². The van der Waals surface area contributed by atoms with Crippen molar-refractivity contribution in [2.45, 2.75) is 0 Å². The largest absolute Gasteiger partial charge is 3.00 e. The van der Waals surface area contributed by atoms with Gasteiger partial charge in [0.25, 0.3) is 0 Å². The van der Waals surface area contributed by atoms with Gasteiger partial charge in [0.2, 0.25) is 0 Å². The molecule has 0 atom stereocenters. The molecule has 2 N–H and O–H groups in total. The van der Waals surface area contributed by atoms with Crippen molar-refractivity contribution >= 4 is 81.1 Å². The van der Waals surface area contributed by atoms with Crippen LogP contribution in [0.3, 0.4) is 0 Å². The Balaban J connectivity index is -0.0000000267. The van der Waals surface area contributed by atoms with Crippen molar-refractivity contribution in [2.75, 3.05) is 0 Å². The van der Waals surface area contributed by atoms with Crippen LogP contribution in [-0.2, 0) is 15.0 Å². The van der Waals surface area contributed by atoms with Crippen molar-refractivity contribution in [1.29, 1.82) is 0 Å². The molecule has 0 aliphatic carbocycles. The van der Waals surface area contributed by atoms with Gasteiger partial charge in [-0.3, -0.25) is 8.42 Å². The summed E-state index contributed by atoms with van der Waals surface area (Å²) < 4.78 is 42.7. The molecule has 0 saturated carbocycles. The van der Waals surface area contributed by atoms with Crippen molar-refractivity contribution in [3.63, 3.8) is 0 Å². The van der Waals surface area contributed by atoms with Crippen LogP contribution in [0.1, 0.15) is 0 Å². The fourth-order valence-corrected chi connectivity index (χ4v) is 0. The average molecular weight is 324 g/mol. The molecule has 13 heavy (non-hydrogen) atoms. The van der Waals surface area contributed by atoms with Crippen LogP contribution in [0.2, 0.25) is 0 Å². The molecule has 0 fully saturated rings. The summed E-state index contributed by atoms with van der Waals surface area (Å²) >= 11 is 0. The Labute approximate surface area is 122 Å². The van der Waals surface area contributed by atoms with Crippen molar-refractivity contribution < 1.29 is 42.2 Å². The van der Waals surface area contributed by atoms with E-state index in [9.17, 15) is 0 Å². The van der Waals surface area contributed by atoms with E-state index in [0.29, 0.717) is 0 Å². The predicted molar refractivity (Wildman–Crippen MR) is 33.7 cm³/mol. The molecule has 0 unspecified atom stereocenters. The Morgan fingerprint density at radius 1 is 1.15 bits per heavy atom. The van der Waals surface area contributed by atoms with Gasteiger partial charge in [-0.2, -0.15) is 0 Å². The van der Waals surface area contributed by atoms with E-state index in [1.165, 1.54) is 0 Å². The molecule has 72 valence electrons. The predicted octanol–water partition coefficient (Wildman–Crippen LogP) is -4.47. The van der Waals surface area contributed by atoms with Gasteiger partial charge in [-0.15, -0.1) is 0 Å². The smallest absolute Gasteiger partial charge is 0.870 e. The third kappa shape index (κ3) is 523. The first kappa shape index (κ1) is 29.4. The van der Waals surface area contributed by atoms with Crippen LogP contribution in [0.4, 0.5) is 0 Å². The number of hydrogen-bond donors (Lipinski definition) is 1. The van der Waals surface area contributed by atoms with Gasteiger partial charge in [0.15, 0.2) is 0 Å². The Kier molecular flexibility index (Phi) is 27.2.